The van der Waals surface area contributed by atoms with Crippen LogP contribution < -0.4 is 5.69 Å². The quantitative estimate of drug-likeness (QED) is 0.874. The third-order valence-corrected chi connectivity index (χ3v) is 3.78. The Morgan fingerprint density at radius 2 is 2.25 bits per heavy atom. The molecule has 0 radical (unpaired) electrons. The van der Waals surface area contributed by atoms with Crippen molar-refractivity contribution in [3.63, 3.8) is 0 Å². The predicted molar refractivity (Wildman–Crippen MR) is 73.2 cm³/mol. The number of carbonyl (C=O) groups is 1. The van der Waals surface area contributed by atoms with Crippen molar-refractivity contribution >= 4 is 5.91 Å². The first-order valence-corrected chi connectivity index (χ1v) is 6.97. The largest absolute Gasteiger partial charge is 0.380 e. The zero-order valence-electron chi connectivity index (χ0n) is 12.4. The van der Waals surface area contributed by atoms with Crippen LogP contribution in [0.4, 0.5) is 0 Å². The fourth-order valence-electron chi connectivity index (χ4n) is 2.68. The molecule has 0 spiro atoms. The van der Waals surface area contributed by atoms with Gasteiger partial charge in [-0.2, -0.15) is 5.10 Å². The van der Waals surface area contributed by atoms with E-state index in [1.807, 2.05) is 20.8 Å². The highest BCUT2D eigenvalue weighted by Gasteiger charge is 2.39. The second kappa shape index (κ2) is 5.78. The molecule has 112 valence electrons. The number of H-pyrrole nitrogens is 1. The van der Waals surface area contributed by atoms with Crippen LogP contribution in [0, 0.1) is 5.92 Å². The van der Waals surface area contributed by atoms with Gasteiger partial charge in [-0.15, -0.1) is 0 Å². The van der Waals surface area contributed by atoms with Gasteiger partial charge in [0.05, 0.1) is 12.1 Å². The lowest BCUT2D eigenvalue weighted by Gasteiger charge is -2.25. The van der Waals surface area contributed by atoms with Crippen LogP contribution in [-0.2, 0) is 16.1 Å². The number of methoxy groups -OCH3 is 1. The number of nitrogens with zero attached hydrogens (tertiary/aromatic N) is 3. The van der Waals surface area contributed by atoms with E-state index in [0.717, 1.165) is 0 Å². The molecule has 1 fully saturated rings. The molecule has 0 aliphatic carbocycles. The monoisotopic (exact) mass is 282 g/mol. The molecule has 0 saturated carbocycles. The number of amides is 1. The molecule has 20 heavy (non-hydrogen) atoms. The summed E-state index contributed by atoms with van der Waals surface area (Å²) in [6.45, 7) is 6.71. The van der Waals surface area contributed by atoms with E-state index in [0.29, 0.717) is 25.3 Å². The summed E-state index contributed by atoms with van der Waals surface area (Å²) in [5, 5.41) is 6.57. The highest BCUT2D eigenvalue weighted by molar-refractivity contribution is 5.78. The second-order valence-corrected chi connectivity index (χ2v) is 5.39. The van der Waals surface area contributed by atoms with Crippen molar-refractivity contribution in [3.05, 3.63) is 16.3 Å². The van der Waals surface area contributed by atoms with Gasteiger partial charge < -0.3 is 9.64 Å². The van der Waals surface area contributed by atoms with Gasteiger partial charge in [-0.3, -0.25) is 9.36 Å². The molecule has 0 unspecified atom stereocenters. The molecule has 0 aromatic carbocycles. The van der Waals surface area contributed by atoms with E-state index in [1.54, 1.807) is 16.6 Å². The maximum Gasteiger partial charge on any atom is 0.343 e. The fraction of sp³-hybridized carbons (Fsp3) is 0.769. The van der Waals surface area contributed by atoms with Gasteiger partial charge in [-0.25, -0.2) is 9.89 Å². The number of aromatic nitrogens is 3. The Morgan fingerprint density at radius 1 is 1.55 bits per heavy atom. The highest BCUT2D eigenvalue weighted by atomic mass is 16.5. The first kappa shape index (κ1) is 14.8. The van der Waals surface area contributed by atoms with Crippen molar-refractivity contribution in [3.8, 4) is 0 Å². The lowest BCUT2D eigenvalue weighted by atomic mass is 10.1. The molecule has 1 aliphatic heterocycles. The van der Waals surface area contributed by atoms with E-state index in [-0.39, 0.29) is 29.7 Å². The summed E-state index contributed by atoms with van der Waals surface area (Å²) in [5.74, 6) is 0.590. The SMILES string of the molecule is CCn1c([C@@H]2C[C@H](OC)CN2C(=O)C(C)C)n[nH]c1=O. The lowest BCUT2D eigenvalue weighted by Crippen LogP contribution is -2.36. The number of aromatic amines is 1. The number of ether oxygens (including phenoxy) is 1. The Morgan fingerprint density at radius 3 is 2.80 bits per heavy atom. The number of hydrogen-bond donors (Lipinski definition) is 1. The van der Waals surface area contributed by atoms with E-state index in [9.17, 15) is 9.59 Å². The minimum atomic E-state index is -0.236. The average Bonchev–Trinajstić information content (AvgIpc) is 3.00. The number of rotatable bonds is 4. The van der Waals surface area contributed by atoms with Gasteiger partial charge in [0.2, 0.25) is 5.91 Å². The number of hydrogen-bond acceptors (Lipinski definition) is 4. The summed E-state index contributed by atoms with van der Waals surface area (Å²) in [5.41, 5.74) is -0.236. The first-order chi connectivity index (χ1) is 9.49. The molecule has 2 atom stereocenters. The molecule has 1 N–H and O–H groups in total. The van der Waals surface area contributed by atoms with E-state index in [1.165, 1.54) is 0 Å². The summed E-state index contributed by atoms with van der Waals surface area (Å²) < 4.78 is 6.96. The van der Waals surface area contributed by atoms with Crippen molar-refractivity contribution in [1.29, 1.82) is 0 Å². The third-order valence-electron chi connectivity index (χ3n) is 3.78. The van der Waals surface area contributed by atoms with Crippen molar-refractivity contribution in [1.82, 2.24) is 19.7 Å². The molecule has 1 amide bonds. The van der Waals surface area contributed by atoms with E-state index in [2.05, 4.69) is 10.2 Å². The Labute approximate surface area is 117 Å². The number of likely N-dealkylation sites (tertiary alicyclic amines) is 1. The van der Waals surface area contributed by atoms with Gasteiger partial charge in [0.15, 0.2) is 5.82 Å². The van der Waals surface area contributed by atoms with Crippen LogP contribution in [0.1, 0.15) is 39.1 Å². The van der Waals surface area contributed by atoms with Crippen molar-refractivity contribution in [2.45, 2.75) is 45.9 Å². The molecule has 1 aliphatic rings. The fourth-order valence-corrected chi connectivity index (χ4v) is 2.68. The van der Waals surface area contributed by atoms with E-state index < -0.39 is 0 Å². The Bertz CT molecular complexity index is 534. The molecule has 7 heteroatoms. The molecule has 7 nitrogen and oxygen atoms in total. The van der Waals surface area contributed by atoms with Crippen LogP contribution in [0.3, 0.4) is 0 Å². The molecule has 2 heterocycles. The van der Waals surface area contributed by atoms with Gasteiger partial charge >= 0.3 is 5.69 Å². The molecule has 1 aromatic rings. The molecule has 1 aromatic heterocycles. The van der Waals surface area contributed by atoms with Crippen molar-refractivity contribution < 1.29 is 9.53 Å². The maximum absolute atomic E-state index is 12.3. The minimum absolute atomic E-state index is 0.0141. The van der Waals surface area contributed by atoms with E-state index >= 15 is 0 Å². The van der Waals surface area contributed by atoms with Crippen LogP contribution in [0.5, 0.6) is 0 Å². The molecule has 1 saturated heterocycles. The Kier molecular flexibility index (Phi) is 4.27. The predicted octanol–water partition coefficient (Wildman–Crippen LogP) is 0.536. The van der Waals surface area contributed by atoms with Crippen molar-refractivity contribution in [2.24, 2.45) is 5.92 Å². The van der Waals surface area contributed by atoms with Crippen LogP contribution in [-0.4, -0.2) is 45.3 Å². The summed E-state index contributed by atoms with van der Waals surface area (Å²) in [6, 6.07) is -0.200. The zero-order valence-corrected chi connectivity index (χ0v) is 12.4. The summed E-state index contributed by atoms with van der Waals surface area (Å²) >= 11 is 0. The second-order valence-electron chi connectivity index (χ2n) is 5.39. The van der Waals surface area contributed by atoms with Crippen LogP contribution in [0.15, 0.2) is 4.79 Å². The van der Waals surface area contributed by atoms with Crippen molar-refractivity contribution in [2.75, 3.05) is 13.7 Å². The van der Waals surface area contributed by atoms with Crippen LogP contribution in [0.25, 0.3) is 0 Å². The zero-order chi connectivity index (χ0) is 14.9. The Hall–Kier alpha value is -1.63. The molecular weight excluding hydrogens is 260 g/mol. The number of nitrogens with one attached hydrogen (secondary N) is 1. The standard InChI is InChI=1S/C13H22N4O3/c1-5-16-11(14-15-13(16)19)10-6-9(20-4)7-17(10)12(18)8(2)3/h8-10H,5-7H2,1-4H3,(H,15,19)/t9-,10-/m0/s1. The van der Waals surface area contributed by atoms with Gasteiger partial charge in [-0.05, 0) is 6.92 Å². The lowest BCUT2D eigenvalue weighted by molar-refractivity contribution is -0.136. The smallest absolute Gasteiger partial charge is 0.343 e. The van der Waals surface area contributed by atoms with Gasteiger partial charge in [0.25, 0.3) is 0 Å². The third kappa shape index (κ3) is 2.49. The first-order valence-electron chi connectivity index (χ1n) is 6.97. The van der Waals surface area contributed by atoms with Gasteiger partial charge in [-0.1, -0.05) is 13.8 Å². The summed E-state index contributed by atoms with van der Waals surface area (Å²) in [7, 11) is 1.64. The molecular formula is C13H22N4O3. The minimum Gasteiger partial charge on any atom is -0.380 e. The topological polar surface area (TPSA) is 80.2 Å². The summed E-state index contributed by atoms with van der Waals surface area (Å²) in [6.07, 6.45) is 0.652. The Balaban J connectivity index is 2.36. The van der Waals surface area contributed by atoms with Crippen LogP contribution >= 0.6 is 0 Å². The molecule has 0 bridgehead atoms. The van der Waals surface area contributed by atoms with Gasteiger partial charge in [0.1, 0.15) is 0 Å². The van der Waals surface area contributed by atoms with Gasteiger partial charge in [0, 0.05) is 32.5 Å². The average molecular weight is 282 g/mol. The molecule has 2 rings (SSSR count). The maximum atomic E-state index is 12.3. The summed E-state index contributed by atoms with van der Waals surface area (Å²) in [4.78, 5) is 25.8. The van der Waals surface area contributed by atoms with E-state index in [4.69, 9.17) is 4.74 Å². The van der Waals surface area contributed by atoms with Crippen LogP contribution in [0.2, 0.25) is 0 Å². The normalized spacial score (nSPS) is 22.8. The highest BCUT2D eigenvalue weighted by Crippen LogP contribution is 2.32. The number of carbonyl (C=O) groups excluding carboxylic acids is 1.